The molecule has 0 aliphatic heterocycles. The number of hydrogen-bond acceptors (Lipinski definition) is 4. The Hall–Kier alpha value is -7.95. The van der Waals surface area contributed by atoms with Gasteiger partial charge in [-0.15, -0.1) is 0 Å². The number of rotatable bonds is 5. The van der Waals surface area contributed by atoms with Crippen LogP contribution >= 0.6 is 0 Å². The van der Waals surface area contributed by atoms with Crippen molar-refractivity contribution in [1.29, 1.82) is 0 Å². The molecular formula is C55H33N3O. The number of hydrogen-bond donors (Lipinski definition) is 0. The Balaban J connectivity index is 1.09. The van der Waals surface area contributed by atoms with Gasteiger partial charge in [0.25, 0.3) is 0 Å². The van der Waals surface area contributed by atoms with Gasteiger partial charge in [0.05, 0.1) is 5.56 Å². The second-order valence-corrected chi connectivity index (χ2v) is 15.1. The molecule has 0 aliphatic rings. The third-order valence-electron chi connectivity index (χ3n) is 11.7. The molecule has 4 heteroatoms. The van der Waals surface area contributed by atoms with E-state index in [9.17, 15) is 0 Å². The molecular weight excluding hydrogens is 719 g/mol. The first-order valence-electron chi connectivity index (χ1n) is 19.9. The van der Waals surface area contributed by atoms with Gasteiger partial charge in [0, 0.05) is 21.9 Å². The highest BCUT2D eigenvalue weighted by Crippen LogP contribution is 2.42. The fourth-order valence-corrected chi connectivity index (χ4v) is 8.98. The van der Waals surface area contributed by atoms with E-state index in [2.05, 4.69) is 176 Å². The zero-order valence-electron chi connectivity index (χ0n) is 31.8. The number of fused-ring (bicyclic) bond motifs is 8. The van der Waals surface area contributed by atoms with Crippen LogP contribution in [0.5, 0.6) is 0 Å². The molecule has 0 atom stereocenters. The first kappa shape index (κ1) is 33.2. The van der Waals surface area contributed by atoms with Crippen molar-refractivity contribution in [3.63, 3.8) is 0 Å². The molecule has 12 aromatic rings. The van der Waals surface area contributed by atoms with Crippen molar-refractivity contribution >= 4 is 65.0 Å². The molecule has 0 aliphatic carbocycles. The maximum atomic E-state index is 6.55. The summed E-state index contributed by atoms with van der Waals surface area (Å²) in [5, 5.41) is 11.6. The minimum atomic E-state index is 0.555. The molecule has 0 saturated carbocycles. The van der Waals surface area contributed by atoms with E-state index in [-0.39, 0.29) is 0 Å². The predicted octanol–water partition coefficient (Wildman–Crippen LogP) is 14.7. The van der Waals surface area contributed by atoms with Gasteiger partial charge in [0.15, 0.2) is 17.5 Å². The second kappa shape index (κ2) is 13.3. The van der Waals surface area contributed by atoms with E-state index in [1.54, 1.807) is 0 Å². The van der Waals surface area contributed by atoms with Crippen molar-refractivity contribution in [3.05, 3.63) is 200 Å². The zero-order chi connectivity index (χ0) is 38.9. The Morgan fingerprint density at radius 1 is 0.271 bits per heavy atom. The van der Waals surface area contributed by atoms with Gasteiger partial charge < -0.3 is 4.42 Å². The summed E-state index contributed by atoms with van der Waals surface area (Å²) >= 11 is 0. The molecule has 0 saturated heterocycles. The van der Waals surface area contributed by atoms with Gasteiger partial charge >= 0.3 is 0 Å². The predicted molar refractivity (Wildman–Crippen MR) is 244 cm³/mol. The molecule has 0 radical (unpaired) electrons. The molecule has 10 aromatic carbocycles. The quantitative estimate of drug-likeness (QED) is 0.164. The van der Waals surface area contributed by atoms with Crippen molar-refractivity contribution < 1.29 is 4.42 Å². The molecule has 274 valence electrons. The minimum Gasteiger partial charge on any atom is -0.455 e. The SMILES string of the molecule is c1cc(-c2nc(-c3ccc(-c4cc5ccccc5c5ccccc45)c4ccccc34)nc(-c3cccc4c3oc3ccccc34)n2)cc(-c2cccc3ccccc23)c1. The van der Waals surface area contributed by atoms with Crippen molar-refractivity contribution in [3.8, 4) is 56.4 Å². The van der Waals surface area contributed by atoms with Crippen molar-refractivity contribution in [1.82, 2.24) is 15.0 Å². The summed E-state index contributed by atoms with van der Waals surface area (Å²) in [7, 11) is 0. The smallest absolute Gasteiger partial charge is 0.167 e. The van der Waals surface area contributed by atoms with Crippen molar-refractivity contribution in [2.24, 2.45) is 0 Å². The molecule has 59 heavy (non-hydrogen) atoms. The van der Waals surface area contributed by atoms with Crippen LogP contribution in [0.2, 0.25) is 0 Å². The fourth-order valence-electron chi connectivity index (χ4n) is 8.98. The summed E-state index contributed by atoms with van der Waals surface area (Å²) in [6.07, 6.45) is 0. The maximum absolute atomic E-state index is 6.55. The second-order valence-electron chi connectivity index (χ2n) is 15.1. The van der Waals surface area contributed by atoms with Gasteiger partial charge in [-0.05, 0) is 95.7 Å². The van der Waals surface area contributed by atoms with Crippen molar-refractivity contribution in [2.45, 2.75) is 0 Å². The molecule has 0 spiro atoms. The van der Waals surface area contributed by atoms with E-state index in [0.29, 0.717) is 17.5 Å². The molecule has 0 N–H and O–H groups in total. The van der Waals surface area contributed by atoms with Gasteiger partial charge in [-0.2, -0.15) is 0 Å². The lowest BCUT2D eigenvalue weighted by molar-refractivity contribution is 0.669. The Kier molecular flexibility index (Phi) is 7.50. The lowest BCUT2D eigenvalue weighted by atomic mass is 9.89. The summed E-state index contributed by atoms with van der Waals surface area (Å²) in [5.41, 5.74) is 8.85. The molecule has 0 unspecified atom stereocenters. The number of aromatic nitrogens is 3. The molecule has 0 bridgehead atoms. The molecule has 2 heterocycles. The average Bonchev–Trinajstić information content (AvgIpc) is 3.70. The van der Waals surface area contributed by atoms with E-state index in [0.717, 1.165) is 66.1 Å². The number of benzene rings is 10. The Morgan fingerprint density at radius 2 is 0.797 bits per heavy atom. The van der Waals surface area contributed by atoms with Crippen LogP contribution in [0.3, 0.4) is 0 Å². The molecule has 12 rings (SSSR count). The van der Waals surface area contributed by atoms with E-state index >= 15 is 0 Å². The number of para-hydroxylation sites is 2. The highest BCUT2D eigenvalue weighted by Gasteiger charge is 2.20. The topological polar surface area (TPSA) is 51.8 Å². The van der Waals surface area contributed by atoms with Gasteiger partial charge in [-0.3, -0.25) is 0 Å². The monoisotopic (exact) mass is 751 g/mol. The average molecular weight is 752 g/mol. The normalized spacial score (nSPS) is 11.7. The number of nitrogens with zero attached hydrogens (tertiary/aromatic N) is 3. The fraction of sp³-hybridized carbons (Fsp3) is 0. The van der Waals surface area contributed by atoms with Crippen LogP contribution in [-0.4, -0.2) is 15.0 Å². The Morgan fingerprint density at radius 3 is 1.63 bits per heavy atom. The lowest BCUT2D eigenvalue weighted by Crippen LogP contribution is -2.01. The first-order valence-corrected chi connectivity index (χ1v) is 19.9. The van der Waals surface area contributed by atoms with E-state index < -0.39 is 0 Å². The van der Waals surface area contributed by atoms with Crippen LogP contribution in [-0.2, 0) is 0 Å². The summed E-state index contributed by atoms with van der Waals surface area (Å²) in [6, 6.07) is 70.6. The van der Waals surface area contributed by atoms with Crippen LogP contribution in [0.15, 0.2) is 205 Å². The largest absolute Gasteiger partial charge is 0.455 e. The Labute approximate surface area is 339 Å². The van der Waals surface area contributed by atoms with Crippen LogP contribution in [0.25, 0.3) is 121 Å². The van der Waals surface area contributed by atoms with Gasteiger partial charge in [-0.1, -0.05) is 170 Å². The van der Waals surface area contributed by atoms with Crippen molar-refractivity contribution in [2.75, 3.05) is 0 Å². The zero-order valence-corrected chi connectivity index (χ0v) is 31.8. The standard InChI is InChI=1S/C55H33N3O/c1-3-19-38-34(14-1)16-12-26-39(38)35-17-11-18-37(32-35)53-56-54(58-55(57-53)49-28-13-27-47-46-25-9-10-29-51(46)59-52(47)49)48-31-30-45(42-22-6-7-23-43(42)48)50-33-36-15-2-4-20-40(36)41-21-5-8-24-44(41)50/h1-33H. The van der Waals surface area contributed by atoms with Crippen LogP contribution in [0, 0.1) is 0 Å². The number of furan rings is 1. The third-order valence-corrected chi connectivity index (χ3v) is 11.7. The molecule has 0 amide bonds. The lowest BCUT2D eigenvalue weighted by Gasteiger charge is -2.16. The van der Waals surface area contributed by atoms with Gasteiger partial charge in [0.1, 0.15) is 11.2 Å². The third kappa shape index (κ3) is 5.42. The molecule has 4 nitrogen and oxygen atoms in total. The maximum Gasteiger partial charge on any atom is 0.167 e. The molecule has 0 fully saturated rings. The van der Waals surface area contributed by atoms with Crippen LogP contribution in [0.1, 0.15) is 0 Å². The van der Waals surface area contributed by atoms with Crippen LogP contribution in [0.4, 0.5) is 0 Å². The van der Waals surface area contributed by atoms with Gasteiger partial charge in [0.2, 0.25) is 0 Å². The summed E-state index contributed by atoms with van der Waals surface area (Å²) in [6.45, 7) is 0. The highest BCUT2D eigenvalue weighted by atomic mass is 16.3. The van der Waals surface area contributed by atoms with Gasteiger partial charge in [-0.25, -0.2) is 15.0 Å². The van der Waals surface area contributed by atoms with Crippen LogP contribution < -0.4 is 0 Å². The van der Waals surface area contributed by atoms with E-state index in [1.807, 2.05) is 24.3 Å². The Bertz CT molecular complexity index is 3630. The summed E-state index contributed by atoms with van der Waals surface area (Å²) in [5.74, 6) is 1.74. The van der Waals surface area contributed by atoms with E-state index in [4.69, 9.17) is 19.4 Å². The summed E-state index contributed by atoms with van der Waals surface area (Å²) < 4.78 is 6.55. The summed E-state index contributed by atoms with van der Waals surface area (Å²) in [4.78, 5) is 15.9. The minimum absolute atomic E-state index is 0.555. The highest BCUT2D eigenvalue weighted by molar-refractivity contribution is 6.17. The molecule has 2 aromatic heterocycles. The first-order chi connectivity index (χ1) is 29.2. The van der Waals surface area contributed by atoms with E-state index in [1.165, 1.54) is 37.9 Å².